The van der Waals surface area contributed by atoms with Crippen LogP contribution in [0.2, 0.25) is 0 Å². The monoisotopic (exact) mass is 618 g/mol. The molecule has 6 rings (SSSR count). The van der Waals surface area contributed by atoms with E-state index in [4.69, 9.17) is 18.9 Å². The first-order valence-electron chi connectivity index (χ1n) is 13.2. The second kappa shape index (κ2) is 11.7. The standard InChI is InChI=1S/C33H23BrN4O4/c1-2-40-30-15-21(11-13-29(30)41-20-23-8-4-3-7-22(23)18-35)19-36-38-32(37-27-10-6-5-9-26(27)33(38)39)31-17-24-16-25(34)12-14-28(24)42-31/h3-17,19H,2,20H2,1H3. The molecule has 0 aliphatic heterocycles. The Morgan fingerprint density at radius 2 is 1.83 bits per heavy atom. The van der Waals surface area contributed by atoms with Crippen LogP contribution >= 0.6 is 15.9 Å². The molecule has 0 bridgehead atoms. The zero-order chi connectivity index (χ0) is 29.1. The van der Waals surface area contributed by atoms with E-state index in [9.17, 15) is 10.1 Å². The Bertz CT molecular complexity index is 2070. The Hall–Kier alpha value is -5.20. The number of ether oxygens (including phenoxy) is 2. The number of benzene rings is 4. The Morgan fingerprint density at radius 1 is 1.00 bits per heavy atom. The number of aromatic nitrogens is 2. The first kappa shape index (κ1) is 27.0. The zero-order valence-corrected chi connectivity index (χ0v) is 24.0. The van der Waals surface area contributed by atoms with Crippen LogP contribution in [0, 0.1) is 11.3 Å². The topological polar surface area (TPSA) is 103 Å². The highest BCUT2D eigenvalue weighted by Crippen LogP contribution is 2.31. The van der Waals surface area contributed by atoms with Crippen molar-refractivity contribution in [2.75, 3.05) is 6.61 Å². The van der Waals surface area contributed by atoms with Gasteiger partial charge in [-0.15, -0.1) is 0 Å². The van der Waals surface area contributed by atoms with Crippen LogP contribution in [0.4, 0.5) is 0 Å². The Kier molecular flexibility index (Phi) is 7.54. The van der Waals surface area contributed by atoms with Gasteiger partial charge in [0.2, 0.25) is 5.82 Å². The van der Waals surface area contributed by atoms with Gasteiger partial charge < -0.3 is 13.9 Å². The summed E-state index contributed by atoms with van der Waals surface area (Å²) in [5, 5.41) is 15.2. The second-order valence-electron chi connectivity index (χ2n) is 9.30. The van der Waals surface area contributed by atoms with E-state index < -0.39 is 0 Å². The fourth-order valence-electron chi connectivity index (χ4n) is 4.54. The molecule has 0 aliphatic rings. The lowest BCUT2D eigenvalue weighted by Crippen LogP contribution is -2.20. The molecule has 0 saturated heterocycles. The van der Waals surface area contributed by atoms with Gasteiger partial charge in [0.1, 0.15) is 12.2 Å². The van der Waals surface area contributed by atoms with Gasteiger partial charge in [-0.3, -0.25) is 4.79 Å². The quantitative estimate of drug-likeness (QED) is 0.166. The summed E-state index contributed by atoms with van der Waals surface area (Å²) in [6, 6.07) is 29.5. The van der Waals surface area contributed by atoms with E-state index in [2.05, 4.69) is 27.1 Å². The van der Waals surface area contributed by atoms with Crippen LogP contribution in [0.15, 0.2) is 110 Å². The predicted molar refractivity (Wildman–Crippen MR) is 165 cm³/mol. The van der Waals surface area contributed by atoms with Gasteiger partial charge in [0.25, 0.3) is 5.56 Å². The maximum atomic E-state index is 13.6. The first-order chi connectivity index (χ1) is 20.5. The minimum Gasteiger partial charge on any atom is -0.490 e. The molecule has 0 N–H and O–H groups in total. The third kappa shape index (κ3) is 5.40. The van der Waals surface area contributed by atoms with Crippen molar-refractivity contribution in [3.05, 3.63) is 123 Å². The molecule has 2 aromatic heterocycles. The molecule has 4 aromatic carbocycles. The van der Waals surface area contributed by atoms with E-state index in [0.717, 1.165) is 15.4 Å². The van der Waals surface area contributed by atoms with Crippen LogP contribution in [-0.4, -0.2) is 22.5 Å². The van der Waals surface area contributed by atoms with Crippen molar-refractivity contribution in [3.8, 4) is 29.2 Å². The normalized spacial score (nSPS) is 11.3. The van der Waals surface area contributed by atoms with Gasteiger partial charge in [0, 0.05) is 15.4 Å². The number of nitrogens with zero attached hydrogens (tertiary/aromatic N) is 4. The number of nitriles is 1. The van der Waals surface area contributed by atoms with E-state index >= 15 is 0 Å². The largest absolute Gasteiger partial charge is 0.490 e. The van der Waals surface area contributed by atoms with Gasteiger partial charge in [0.15, 0.2) is 17.3 Å². The lowest BCUT2D eigenvalue weighted by molar-refractivity contribution is 0.269. The molecule has 0 amide bonds. The summed E-state index contributed by atoms with van der Waals surface area (Å²) in [4.78, 5) is 18.3. The van der Waals surface area contributed by atoms with Crippen molar-refractivity contribution in [2.24, 2.45) is 5.10 Å². The Balaban J connectivity index is 1.37. The maximum absolute atomic E-state index is 13.6. The fourth-order valence-corrected chi connectivity index (χ4v) is 4.92. The minimum atomic E-state index is -0.324. The van der Waals surface area contributed by atoms with Gasteiger partial charge in [0.05, 0.1) is 35.4 Å². The molecule has 0 atom stereocenters. The van der Waals surface area contributed by atoms with Crippen LogP contribution < -0.4 is 15.0 Å². The summed E-state index contributed by atoms with van der Waals surface area (Å²) in [7, 11) is 0. The summed E-state index contributed by atoms with van der Waals surface area (Å²) in [5.41, 5.74) is 2.91. The third-order valence-electron chi connectivity index (χ3n) is 6.56. The summed E-state index contributed by atoms with van der Waals surface area (Å²) in [6.45, 7) is 2.52. The molecule has 6 aromatic rings. The summed E-state index contributed by atoms with van der Waals surface area (Å²) in [5.74, 6) is 1.74. The molecular weight excluding hydrogens is 596 g/mol. The number of fused-ring (bicyclic) bond motifs is 2. The van der Waals surface area contributed by atoms with Gasteiger partial charge >= 0.3 is 0 Å². The number of hydrogen-bond donors (Lipinski definition) is 0. The number of halogens is 1. The Labute approximate surface area is 249 Å². The van der Waals surface area contributed by atoms with Crippen LogP contribution in [0.3, 0.4) is 0 Å². The molecule has 42 heavy (non-hydrogen) atoms. The second-order valence-corrected chi connectivity index (χ2v) is 10.2. The van der Waals surface area contributed by atoms with Crippen molar-refractivity contribution >= 4 is 44.0 Å². The van der Waals surface area contributed by atoms with Crippen LogP contribution in [0.25, 0.3) is 33.5 Å². The van der Waals surface area contributed by atoms with E-state index in [1.807, 2.05) is 61.5 Å². The summed E-state index contributed by atoms with van der Waals surface area (Å²) in [6.07, 6.45) is 1.57. The summed E-state index contributed by atoms with van der Waals surface area (Å²) >= 11 is 3.49. The molecule has 0 saturated carbocycles. The van der Waals surface area contributed by atoms with Gasteiger partial charge in [-0.05, 0) is 73.2 Å². The fraction of sp³-hybridized carbons (Fsp3) is 0.0909. The van der Waals surface area contributed by atoms with Crippen molar-refractivity contribution in [2.45, 2.75) is 13.5 Å². The predicted octanol–water partition coefficient (Wildman–Crippen LogP) is 7.30. The number of para-hydroxylation sites is 1. The number of furan rings is 1. The first-order valence-corrected chi connectivity index (χ1v) is 14.0. The molecule has 0 radical (unpaired) electrons. The molecule has 8 nitrogen and oxygen atoms in total. The zero-order valence-electron chi connectivity index (χ0n) is 22.5. The van der Waals surface area contributed by atoms with E-state index in [1.54, 1.807) is 42.6 Å². The molecule has 206 valence electrons. The smallest absolute Gasteiger partial charge is 0.282 e. The molecule has 0 spiro atoms. The lowest BCUT2D eigenvalue weighted by Gasteiger charge is -2.13. The highest BCUT2D eigenvalue weighted by Gasteiger charge is 2.17. The van der Waals surface area contributed by atoms with Gasteiger partial charge in [-0.25, -0.2) is 4.98 Å². The van der Waals surface area contributed by atoms with E-state index in [0.29, 0.717) is 51.5 Å². The molecular formula is C33H23BrN4O4. The molecule has 0 aliphatic carbocycles. The lowest BCUT2D eigenvalue weighted by atomic mass is 10.1. The minimum absolute atomic E-state index is 0.215. The van der Waals surface area contributed by atoms with E-state index in [1.165, 1.54) is 4.68 Å². The van der Waals surface area contributed by atoms with Gasteiger partial charge in [-0.1, -0.05) is 46.3 Å². The average molecular weight is 619 g/mol. The van der Waals surface area contributed by atoms with Crippen molar-refractivity contribution in [3.63, 3.8) is 0 Å². The van der Waals surface area contributed by atoms with E-state index in [-0.39, 0.29) is 18.0 Å². The van der Waals surface area contributed by atoms with Crippen LogP contribution in [0.5, 0.6) is 11.5 Å². The molecule has 0 fully saturated rings. The summed E-state index contributed by atoms with van der Waals surface area (Å²) < 4.78 is 20.1. The average Bonchev–Trinajstić information content (AvgIpc) is 3.43. The highest BCUT2D eigenvalue weighted by atomic mass is 79.9. The molecule has 0 unspecified atom stereocenters. The molecule has 2 heterocycles. The number of hydrogen-bond acceptors (Lipinski definition) is 7. The maximum Gasteiger partial charge on any atom is 0.282 e. The van der Waals surface area contributed by atoms with Gasteiger partial charge in [-0.2, -0.15) is 15.0 Å². The van der Waals surface area contributed by atoms with Crippen molar-refractivity contribution in [1.29, 1.82) is 5.26 Å². The van der Waals surface area contributed by atoms with Crippen LogP contribution in [0.1, 0.15) is 23.6 Å². The third-order valence-corrected chi connectivity index (χ3v) is 7.06. The van der Waals surface area contributed by atoms with Crippen LogP contribution in [-0.2, 0) is 6.61 Å². The van der Waals surface area contributed by atoms with Crippen molar-refractivity contribution < 1.29 is 13.9 Å². The molecule has 9 heteroatoms. The van der Waals surface area contributed by atoms with Crippen molar-refractivity contribution in [1.82, 2.24) is 9.66 Å². The Morgan fingerprint density at radius 3 is 2.69 bits per heavy atom. The highest BCUT2D eigenvalue weighted by molar-refractivity contribution is 9.10. The number of rotatable bonds is 8. The SMILES string of the molecule is CCOc1cc(C=Nn2c(-c3cc4cc(Br)ccc4o3)nc3ccccc3c2=O)ccc1OCc1ccccc1C#N.